The van der Waals surface area contributed by atoms with Crippen molar-refractivity contribution in [3.05, 3.63) is 77.9 Å². The predicted octanol–water partition coefficient (Wildman–Crippen LogP) is 4.97. The van der Waals surface area contributed by atoms with E-state index in [0.717, 1.165) is 28.6 Å². The Morgan fingerprint density at radius 3 is 2.45 bits per heavy atom. The standard InChI is InChI=1S/C23H21F3N2O/c1-22(16-9-11-17(12-10-16)23(24,25)26)14-27-13-19(22)21(29)28-20-8-4-6-15-5-2-3-7-18(15)20/h2-12,19,27H,13-14H2,1H3,(H,28,29)/t19-,22-/m0/s1. The minimum Gasteiger partial charge on any atom is -0.325 e. The molecule has 3 aromatic rings. The molecule has 29 heavy (non-hydrogen) atoms. The summed E-state index contributed by atoms with van der Waals surface area (Å²) in [6.07, 6.45) is -4.38. The van der Waals surface area contributed by atoms with Gasteiger partial charge in [-0.2, -0.15) is 13.2 Å². The highest BCUT2D eigenvalue weighted by molar-refractivity contribution is 6.03. The van der Waals surface area contributed by atoms with Crippen LogP contribution in [0.15, 0.2) is 66.7 Å². The summed E-state index contributed by atoms with van der Waals surface area (Å²) in [6, 6.07) is 18.6. The lowest BCUT2D eigenvalue weighted by molar-refractivity contribution is -0.137. The first-order chi connectivity index (χ1) is 13.8. The summed E-state index contributed by atoms with van der Waals surface area (Å²) in [7, 11) is 0. The topological polar surface area (TPSA) is 41.1 Å². The van der Waals surface area contributed by atoms with E-state index in [-0.39, 0.29) is 5.91 Å². The minimum atomic E-state index is -4.38. The lowest BCUT2D eigenvalue weighted by Crippen LogP contribution is -2.39. The predicted molar refractivity (Wildman–Crippen MR) is 108 cm³/mol. The van der Waals surface area contributed by atoms with Crippen molar-refractivity contribution in [2.45, 2.75) is 18.5 Å². The number of amides is 1. The molecule has 0 radical (unpaired) electrons. The number of hydrogen-bond acceptors (Lipinski definition) is 2. The minimum absolute atomic E-state index is 0.145. The van der Waals surface area contributed by atoms with Crippen molar-refractivity contribution >= 4 is 22.4 Å². The van der Waals surface area contributed by atoms with Crippen LogP contribution in [0.3, 0.4) is 0 Å². The molecule has 3 aromatic carbocycles. The molecule has 1 amide bonds. The number of nitrogens with one attached hydrogen (secondary N) is 2. The zero-order valence-electron chi connectivity index (χ0n) is 15.9. The van der Waals surface area contributed by atoms with E-state index in [9.17, 15) is 18.0 Å². The molecule has 0 unspecified atom stereocenters. The smallest absolute Gasteiger partial charge is 0.325 e. The number of halogens is 3. The van der Waals surface area contributed by atoms with Gasteiger partial charge in [-0.05, 0) is 29.1 Å². The Balaban J connectivity index is 1.61. The van der Waals surface area contributed by atoms with Crippen molar-refractivity contribution in [3.8, 4) is 0 Å². The van der Waals surface area contributed by atoms with Gasteiger partial charge in [0, 0.05) is 29.6 Å². The number of anilines is 1. The largest absolute Gasteiger partial charge is 0.416 e. The molecule has 0 bridgehead atoms. The third-order valence-electron chi connectivity index (χ3n) is 5.85. The Morgan fingerprint density at radius 1 is 1.03 bits per heavy atom. The van der Waals surface area contributed by atoms with Crippen molar-refractivity contribution in [2.75, 3.05) is 18.4 Å². The van der Waals surface area contributed by atoms with Gasteiger partial charge in [0.25, 0.3) is 0 Å². The number of hydrogen-bond donors (Lipinski definition) is 2. The average molecular weight is 398 g/mol. The van der Waals surface area contributed by atoms with Crippen LogP contribution in [0.25, 0.3) is 10.8 Å². The Hall–Kier alpha value is -2.86. The van der Waals surface area contributed by atoms with Crippen molar-refractivity contribution in [1.82, 2.24) is 5.32 Å². The van der Waals surface area contributed by atoms with Crippen molar-refractivity contribution in [3.63, 3.8) is 0 Å². The van der Waals surface area contributed by atoms with Gasteiger partial charge < -0.3 is 10.6 Å². The van der Waals surface area contributed by atoms with Gasteiger partial charge in [0.05, 0.1) is 11.5 Å². The lowest BCUT2D eigenvalue weighted by atomic mass is 9.73. The highest BCUT2D eigenvalue weighted by Crippen LogP contribution is 2.38. The van der Waals surface area contributed by atoms with Gasteiger partial charge in [-0.3, -0.25) is 4.79 Å². The van der Waals surface area contributed by atoms with Gasteiger partial charge in [0.1, 0.15) is 0 Å². The SMILES string of the molecule is C[C@@]1(c2ccc(C(F)(F)F)cc2)CNC[C@H]1C(=O)Nc1cccc2ccccc12. The maximum atomic E-state index is 13.1. The summed E-state index contributed by atoms with van der Waals surface area (Å²) in [5.74, 6) is -0.549. The molecule has 1 aliphatic rings. The second-order valence-electron chi connectivity index (χ2n) is 7.69. The number of carbonyl (C=O) groups is 1. The molecule has 2 N–H and O–H groups in total. The molecule has 1 saturated heterocycles. The summed E-state index contributed by atoms with van der Waals surface area (Å²) in [6.45, 7) is 2.91. The molecule has 1 fully saturated rings. The van der Waals surface area contributed by atoms with E-state index in [0.29, 0.717) is 18.7 Å². The van der Waals surface area contributed by atoms with E-state index >= 15 is 0 Å². The van der Waals surface area contributed by atoms with Crippen LogP contribution in [0.5, 0.6) is 0 Å². The maximum Gasteiger partial charge on any atom is 0.416 e. The number of fused-ring (bicyclic) bond motifs is 1. The molecule has 0 saturated carbocycles. The fourth-order valence-corrected chi connectivity index (χ4v) is 4.10. The third-order valence-corrected chi connectivity index (χ3v) is 5.85. The van der Waals surface area contributed by atoms with Gasteiger partial charge in [0.2, 0.25) is 5.91 Å². The van der Waals surface area contributed by atoms with Crippen molar-refractivity contribution in [1.29, 1.82) is 0 Å². The Morgan fingerprint density at radius 2 is 1.72 bits per heavy atom. The van der Waals surface area contributed by atoms with Gasteiger partial charge in [0.15, 0.2) is 0 Å². The van der Waals surface area contributed by atoms with Crippen LogP contribution in [0.2, 0.25) is 0 Å². The van der Waals surface area contributed by atoms with Crippen LogP contribution in [0.4, 0.5) is 18.9 Å². The van der Waals surface area contributed by atoms with Crippen LogP contribution in [0, 0.1) is 5.92 Å². The zero-order chi connectivity index (χ0) is 20.6. The van der Waals surface area contributed by atoms with E-state index in [1.165, 1.54) is 12.1 Å². The molecule has 150 valence electrons. The zero-order valence-corrected chi connectivity index (χ0v) is 15.9. The molecular weight excluding hydrogens is 377 g/mol. The van der Waals surface area contributed by atoms with Gasteiger partial charge in [-0.15, -0.1) is 0 Å². The first-order valence-electron chi connectivity index (χ1n) is 9.46. The number of carbonyl (C=O) groups excluding carboxylic acids is 1. The normalized spacial score (nSPS) is 22.0. The monoisotopic (exact) mass is 398 g/mol. The summed E-state index contributed by atoms with van der Waals surface area (Å²) >= 11 is 0. The summed E-state index contributed by atoms with van der Waals surface area (Å²) in [5.41, 5.74) is 0.162. The first kappa shape index (κ1) is 19.5. The van der Waals surface area contributed by atoms with E-state index in [2.05, 4.69) is 10.6 Å². The molecule has 0 aliphatic carbocycles. The number of rotatable bonds is 3. The van der Waals surface area contributed by atoms with E-state index < -0.39 is 23.1 Å². The molecule has 1 heterocycles. The average Bonchev–Trinajstić information content (AvgIpc) is 3.11. The second-order valence-corrected chi connectivity index (χ2v) is 7.69. The molecule has 0 spiro atoms. The number of alkyl halides is 3. The van der Waals surface area contributed by atoms with E-state index in [1.807, 2.05) is 49.4 Å². The Labute approximate surface area is 166 Å². The quantitative estimate of drug-likeness (QED) is 0.654. The lowest BCUT2D eigenvalue weighted by Gasteiger charge is -2.30. The van der Waals surface area contributed by atoms with Crippen molar-refractivity contribution in [2.24, 2.45) is 5.92 Å². The summed E-state index contributed by atoms with van der Waals surface area (Å²) in [5, 5.41) is 8.23. The molecule has 1 aliphatic heterocycles. The maximum absolute atomic E-state index is 13.1. The molecule has 0 aromatic heterocycles. The fourth-order valence-electron chi connectivity index (χ4n) is 4.10. The van der Waals surface area contributed by atoms with Crippen LogP contribution >= 0.6 is 0 Å². The van der Waals surface area contributed by atoms with Gasteiger partial charge >= 0.3 is 6.18 Å². The van der Waals surface area contributed by atoms with E-state index in [1.54, 1.807) is 0 Å². The second kappa shape index (κ2) is 7.19. The Kier molecular flexibility index (Phi) is 4.82. The summed E-state index contributed by atoms with van der Waals surface area (Å²) in [4.78, 5) is 13.1. The van der Waals surface area contributed by atoms with Crippen LogP contribution < -0.4 is 10.6 Å². The molecule has 4 rings (SSSR count). The highest BCUT2D eigenvalue weighted by atomic mass is 19.4. The number of benzene rings is 3. The highest BCUT2D eigenvalue weighted by Gasteiger charge is 2.44. The van der Waals surface area contributed by atoms with Gasteiger partial charge in [-0.1, -0.05) is 55.5 Å². The molecule has 3 nitrogen and oxygen atoms in total. The fraction of sp³-hybridized carbons (Fsp3) is 0.261. The van der Waals surface area contributed by atoms with Crippen LogP contribution in [-0.4, -0.2) is 19.0 Å². The van der Waals surface area contributed by atoms with E-state index in [4.69, 9.17) is 0 Å². The first-order valence-corrected chi connectivity index (χ1v) is 9.46. The molecule has 6 heteroatoms. The third kappa shape index (κ3) is 3.60. The van der Waals surface area contributed by atoms with Crippen LogP contribution in [0.1, 0.15) is 18.1 Å². The molecular formula is C23H21F3N2O. The van der Waals surface area contributed by atoms with Crippen LogP contribution in [-0.2, 0) is 16.4 Å². The molecule has 2 atom stereocenters. The Bertz CT molecular complexity index is 1040. The van der Waals surface area contributed by atoms with Crippen molar-refractivity contribution < 1.29 is 18.0 Å². The summed E-state index contributed by atoms with van der Waals surface area (Å²) < 4.78 is 38.7. The van der Waals surface area contributed by atoms with Gasteiger partial charge in [-0.25, -0.2) is 0 Å².